The van der Waals surface area contributed by atoms with Gasteiger partial charge in [0.2, 0.25) is 5.96 Å². The van der Waals surface area contributed by atoms with E-state index in [1.54, 1.807) is 5.32 Å². The van der Waals surface area contributed by atoms with Crippen molar-refractivity contribution >= 4 is 24.1 Å². The molecule has 0 heterocycles. The van der Waals surface area contributed by atoms with Crippen LogP contribution in [0, 0.1) is 0 Å². The Labute approximate surface area is 136 Å². The summed E-state index contributed by atoms with van der Waals surface area (Å²) in [7, 11) is 0. The Balaban J connectivity index is 5.85. The number of carbonyl (C=O) groups is 3. The third-order valence-electron chi connectivity index (χ3n) is 2.14. The maximum Gasteiger partial charge on any atom is 0.473 e. The summed E-state index contributed by atoms with van der Waals surface area (Å²) in [6.45, 7) is 8.48. The maximum absolute atomic E-state index is 12.4. The van der Waals surface area contributed by atoms with Gasteiger partial charge < -0.3 is 9.84 Å². The summed E-state index contributed by atoms with van der Waals surface area (Å²) in [5.41, 5.74) is -2.30. The normalized spacial score (nSPS) is 13.3. The van der Waals surface area contributed by atoms with Crippen LogP contribution in [0.2, 0.25) is 0 Å². The summed E-state index contributed by atoms with van der Waals surface area (Å²) < 4.78 is 42.1. The van der Waals surface area contributed by atoms with Crippen LogP contribution in [0.1, 0.15) is 41.5 Å². The summed E-state index contributed by atoms with van der Waals surface area (Å²) in [6.07, 6.45) is -8.30. The Morgan fingerprint density at radius 1 is 1.04 bits per heavy atom. The number of halogens is 3. The minimum atomic E-state index is -5.33. The summed E-state index contributed by atoms with van der Waals surface area (Å²) in [6, 6.07) is 0. The molecule has 138 valence electrons. The van der Waals surface area contributed by atoms with Gasteiger partial charge in [-0.15, -0.1) is 0 Å². The lowest BCUT2D eigenvalue weighted by molar-refractivity contribution is -0.169. The third-order valence-corrected chi connectivity index (χ3v) is 2.14. The van der Waals surface area contributed by atoms with Crippen LogP contribution in [0.25, 0.3) is 0 Å². The van der Waals surface area contributed by atoms with Crippen LogP contribution in [0.3, 0.4) is 0 Å². The molecule has 0 aliphatic carbocycles. The highest BCUT2D eigenvalue weighted by Crippen LogP contribution is 2.19. The van der Waals surface area contributed by atoms with Gasteiger partial charge in [0.1, 0.15) is 5.60 Å². The highest BCUT2D eigenvalue weighted by Gasteiger charge is 2.41. The van der Waals surface area contributed by atoms with E-state index in [4.69, 9.17) is 4.74 Å². The second-order valence-corrected chi connectivity index (χ2v) is 6.65. The minimum Gasteiger partial charge on any atom is -0.465 e. The molecular formula is C13H20F3N3O5. The zero-order valence-corrected chi connectivity index (χ0v) is 14.1. The van der Waals surface area contributed by atoms with E-state index in [1.807, 2.05) is 0 Å². The lowest BCUT2D eigenvalue weighted by Gasteiger charge is -2.33. The van der Waals surface area contributed by atoms with Crippen LogP contribution in [-0.4, -0.2) is 51.4 Å². The van der Waals surface area contributed by atoms with Crippen molar-refractivity contribution in [1.29, 1.82) is 0 Å². The van der Waals surface area contributed by atoms with Crippen molar-refractivity contribution in [1.82, 2.24) is 10.2 Å². The molecule has 24 heavy (non-hydrogen) atoms. The number of carboxylic acid groups (broad SMARTS) is 1. The molecule has 0 atom stereocenters. The third kappa shape index (κ3) is 7.29. The Morgan fingerprint density at radius 2 is 1.50 bits per heavy atom. The van der Waals surface area contributed by atoms with Crippen LogP contribution >= 0.6 is 0 Å². The smallest absolute Gasteiger partial charge is 0.465 e. The minimum absolute atomic E-state index is 0.320. The molecule has 0 aromatic carbocycles. The highest BCUT2D eigenvalue weighted by atomic mass is 19.4. The van der Waals surface area contributed by atoms with Gasteiger partial charge in [-0.25, -0.2) is 14.5 Å². The average molecular weight is 355 g/mol. The fourth-order valence-electron chi connectivity index (χ4n) is 1.38. The number of ether oxygens (including phenoxy) is 1. The van der Waals surface area contributed by atoms with Crippen LogP contribution in [0.5, 0.6) is 0 Å². The second-order valence-electron chi connectivity index (χ2n) is 6.65. The lowest BCUT2D eigenvalue weighted by Crippen LogP contribution is -2.56. The molecule has 0 aromatic heterocycles. The van der Waals surface area contributed by atoms with Crippen molar-refractivity contribution in [2.75, 3.05) is 0 Å². The number of guanidine groups is 1. The number of alkyl carbamates (subject to hydrolysis) is 1. The molecule has 2 N–H and O–H groups in total. The fraction of sp³-hybridized carbons (Fsp3) is 0.692. The first-order valence-corrected chi connectivity index (χ1v) is 6.68. The molecule has 0 rings (SSSR count). The van der Waals surface area contributed by atoms with Crippen LogP contribution in [-0.2, 0) is 9.53 Å². The molecule has 0 aliphatic heterocycles. The van der Waals surface area contributed by atoms with E-state index in [0.29, 0.717) is 4.90 Å². The van der Waals surface area contributed by atoms with E-state index in [0.717, 1.165) is 0 Å². The van der Waals surface area contributed by atoms with Gasteiger partial charge in [0.05, 0.1) is 0 Å². The summed E-state index contributed by atoms with van der Waals surface area (Å²) >= 11 is 0. The molecular weight excluding hydrogens is 335 g/mol. The van der Waals surface area contributed by atoms with Crippen molar-refractivity contribution < 1.29 is 37.4 Å². The highest BCUT2D eigenvalue weighted by molar-refractivity contribution is 6.06. The number of carbonyl (C=O) groups excluding carboxylic acids is 2. The predicted molar refractivity (Wildman–Crippen MR) is 77.5 cm³/mol. The van der Waals surface area contributed by atoms with Crippen molar-refractivity contribution in [3.05, 3.63) is 0 Å². The van der Waals surface area contributed by atoms with Gasteiger partial charge in [0.15, 0.2) is 0 Å². The van der Waals surface area contributed by atoms with Crippen molar-refractivity contribution in [2.24, 2.45) is 4.99 Å². The molecule has 0 saturated heterocycles. The standard InChI is InChI=1S/C13H20F3N3O5/c1-11(2,3)19(10(22)23)8(17-7(20)13(14,15)16)18-9(21)24-12(4,5)6/h1-6H3,(H,22,23)(H,17,18,20,21). The van der Waals surface area contributed by atoms with Gasteiger partial charge in [-0.2, -0.15) is 18.2 Å². The van der Waals surface area contributed by atoms with E-state index >= 15 is 0 Å². The van der Waals surface area contributed by atoms with E-state index in [-0.39, 0.29) is 0 Å². The zero-order chi connectivity index (χ0) is 19.5. The van der Waals surface area contributed by atoms with E-state index in [9.17, 15) is 32.7 Å². The molecule has 0 aliphatic rings. The molecule has 0 bridgehead atoms. The van der Waals surface area contributed by atoms with Crippen molar-refractivity contribution in [3.8, 4) is 0 Å². The first-order chi connectivity index (χ1) is 10.4. The Bertz CT molecular complexity index is 545. The molecule has 11 heteroatoms. The number of rotatable bonds is 0. The van der Waals surface area contributed by atoms with Gasteiger partial charge in [0, 0.05) is 5.54 Å². The maximum atomic E-state index is 12.4. The topological polar surface area (TPSA) is 108 Å². The van der Waals surface area contributed by atoms with Gasteiger partial charge in [-0.3, -0.25) is 10.1 Å². The molecule has 8 nitrogen and oxygen atoms in total. The summed E-state index contributed by atoms with van der Waals surface area (Å²) in [5, 5.41) is 11.0. The Kier molecular flexibility index (Phi) is 6.37. The zero-order valence-electron chi connectivity index (χ0n) is 14.1. The first-order valence-electron chi connectivity index (χ1n) is 6.68. The first kappa shape index (κ1) is 21.7. The molecule has 3 amide bonds. The fourth-order valence-corrected chi connectivity index (χ4v) is 1.38. The van der Waals surface area contributed by atoms with E-state index in [2.05, 4.69) is 4.99 Å². The molecule has 0 spiro atoms. The summed E-state index contributed by atoms with van der Waals surface area (Å²) in [4.78, 5) is 37.2. The van der Waals surface area contributed by atoms with Crippen LogP contribution in [0.15, 0.2) is 4.99 Å². The van der Waals surface area contributed by atoms with Gasteiger partial charge in [0.25, 0.3) is 0 Å². The monoisotopic (exact) mass is 355 g/mol. The Morgan fingerprint density at radius 3 is 1.79 bits per heavy atom. The quantitative estimate of drug-likeness (QED) is 0.513. The number of amides is 3. The molecule has 0 saturated carbocycles. The van der Waals surface area contributed by atoms with Crippen molar-refractivity contribution in [3.63, 3.8) is 0 Å². The molecule has 0 fully saturated rings. The van der Waals surface area contributed by atoms with Gasteiger partial charge in [-0.05, 0) is 41.5 Å². The second kappa shape index (κ2) is 7.05. The van der Waals surface area contributed by atoms with Gasteiger partial charge in [-0.1, -0.05) is 0 Å². The predicted octanol–water partition coefficient (Wildman–Crippen LogP) is 2.73. The number of nitrogens with one attached hydrogen (secondary N) is 1. The van der Waals surface area contributed by atoms with E-state index < -0.39 is 41.4 Å². The largest absolute Gasteiger partial charge is 0.473 e. The number of nitrogens with zero attached hydrogens (tertiary/aromatic N) is 2. The van der Waals surface area contributed by atoms with Crippen LogP contribution in [0.4, 0.5) is 22.8 Å². The number of aliphatic imine (C=N–C) groups is 1. The van der Waals surface area contributed by atoms with Gasteiger partial charge >= 0.3 is 24.3 Å². The Hall–Kier alpha value is -2.33. The molecule has 0 radical (unpaired) electrons. The lowest BCUT2D eigenvalue weighted by atomic mass is 10.1. The summed E-state index contributed by atoms with van der Waals surface area (Å²) in [5.74, 6) is -3.67. The number of hydrogen-bond donors (Lipinski definition) is 2. The average Bonchev–Trinajstić information content (AvgIpc) is 2.21. The molecule has 0 aromatic rings. The van der Waals surface area contributed by atoms with Crippen LogP contribution < -0.4 is 5.32 Å². The number of alkyl halides is 3. The molecule has 0 unspecified atom stereocenters. The van der Waals surface area contributed by atoms with Crippen molar-refractivity contribution in [2.45, 2.75) is 58.9 Å². The SMILES string of the molecule is CC(C)(C)OC(=O)N/C(=N/C(=O)C(F)(F)F)N(C(=O)O)C(C)(C)C. The van der Waals surface area contributed by atoms with E-state index in [1.165, 1.54) is 41.5 Å². The number of hydrogen-bond acceptors (Lipinski definition) is 4.